The third kappa shape index (κ3) is 4.22. The lowest BCUT2D eigenvalue weighted by molar-refractivity contribution is 0.419. The zero-order valence-electron chi connectivity index (χ0n) is 15.6. The highest BCUT2D eigenvalue weighted by molar-refractivity contribution is 5.80. The maximum absolute atomic E-state index is 13.9. The van der Waals surface area contributed by atoms with Crippen LogP contribution >= 0.6 is 0 Å². The summed E-state index contributed by atoms with van der Waals surface area (Å²) in [6.07, 6.45) is 3.84. The van der Waals surface area contributed by atoms with Gasteiger partial charge in [0.15, 0.2) is 5.96 Å². The fourth-order valence-corrected chi connectivity index (χ4v) is 3.42. The molecule has 28 heavy (non-hydrogen) atoms. The van der Waals surface area contributed by atoms with Gasteiger partial charge >= 0.3 is 0 Å². The van der Waals surface area contributed by atoms with Crippen LogP contribution in [-0.2, 0) is 12.8 Å². The van der Waals surface area contributed by atoms with E-state index in [4.69, 9.17) is 10.3 Å². The van der Waals surface area contributed by atoms with Crippen molar-refractivity contribution in [2.75, 3.05) is 13.1 Å². The smallest absolute Gasteiger partial charge is 0.253 e. The Kier molecular flexibility index (Phi) is 5.37. The second-order valence-corrected chi connectivity index (χ2v) is 7.00. The molecule has 3 aromatic rings. The van der Waals surface area contributed by atoms with E-state index in [9.17, 15) is 4.39 Å². The van der Waals surface area contributed by atoms with Crippen molar-refractivity contribution in [2.45, 2.75) is 25.7 Å². The number of likely N-dealkylation sites (tertiary alicyclic amines) is 1. The second-order valence-electron chi connectivity index (χ2n) is 7.00. The van der Waals surface area contributed by atoms with Crippen molar-refractivity contribution in [3.8, 4) is 11.1 Å². The Hall–Kier alpha value is -3.15. The van der Waals surface area contributed by atoms with Crippen LogP contribution in [0.3, 0.4) is 0 Å². The first-order chi connectivity index (χ1) is 13.7. The van der Waals surface area contributed by atoms with E-state index in [1.165, 1.54) is 6.07 Å². The van der Waals surface area contributed by atoms with Gasteiger partial charge in [0.25, 0.3) is 5.88 Å². The summed E-state index contributed by atoms with van der Waals surface area (Å²) in [7, 11) is 0. The minimum atomic E-state index is -0.209. The number of halogens is 1. The number of benzene rings is 2. The van der Waals surface area contributed by atoms with Crippen molar-refractivity contribution in [2.24, 2.45) is 10.7 Å². The number of nitrogens with zero attached hydrogens (tertiary/aromatic N) is 3. The lowest BCUT2D eigenvalue weighted by Crippen LogP contribution is -2.34. The number of rotatable bonds is 5. The van der Waals surface area contributed by atoms with Crippen molar-refractivity contribution in [3.05, 3.63) is 71.7 Å². The topological polar surface area (TPSA) is 67.6 Å². The molecule has 6 heteroatoms. The predicted octanol–water partition coefficient (Wildman–Crippen LogP) is 4.31. The van der Waals surface area contributed by atoms with Gasteiger partial charge in [-0.05, 0) is 42.9 Å². The summed E-state index contributed by atoms with van der Waals surface area (Å²) in [6.45, 7) is 1.89. The van der Waals surface area contributed by atoms with Gasteiger partial charge in [0.05, 0.1) is 5.69 Å². The number of guanidine groups is 1. The molecule has 0 atom stereocenters. The zero-order chi connectivity index (χ0) is 19.3. The summed E-state index contributed by atoms with van der Waals surface area (Å²) < 4.78 is 19.2. The van der Waals surface area contributed by atoms with E-state index in [1.807, 2.05) is 36.4 Å². The number of aliphatic imine (C=N–C) groups is 1. The van der Waals surface area contributed by atoms with Gasteiger partial charge in [0.2, 0.25) is 0 Å². The molecule has 0 bridgehead atoms. The van der Waals surface area contributed by atoms with Crippen molar-refractivity contribution >= 4 is 11.8 Å². The molecule has 0 amide bonds. The van der Waals surface area contributed by atoms with Gasteiger partial charge in [0, 0.05) is 24.7 Å². The molecular formula is C22H23FN4O. The summed E-state index contributed by atoms with van der Waals surface area (Å²) in [5, 5.41) is 4.08. The molecule has 0 saturated carbocycles. The van der Waals surface area contributed by atoms with Gasteiger partial charge in [-0.2, -0.15) is 4.99 Å². The van der Waals surface area contributed by atoms with Gasteiger partial charge in [-0.1, -0.05) is 47.6 Å². The molecule has 1 saturated heterocycles. The average Bonchev–Trinajstić information content (AvgIpc) is 3.39. The van der Waals surface area contributed by atoms with Crippen molar-refractivity contribution in [1.29, 1.82) is 0 Å². The monoisotopic (exact) mass is 378 g/mol. The molecule has 1 fully saturated rings. The summed E-state index contributed by atoms with van der Waals surface area (Å²) in [6, 6.07) is 16.6. The van der Waals surface area contributed by atoms with Crippen LogP contribution in [0.25, 0.3) is 11.1 Å². The predicted molar refractivity (Wildman–Crippen MR) is 108 cm³/mol. The molecule has 0 aliphatic carbocycles. The fraction of sp³-hybridized carbons (Fsp3) is 0.273. The van der Waals surface area contributed by atoms with Gasteiger partial charge in [-0.25, -0.2) is 4.39 Å². The van der Waals surface area contributed by atoms with Gasteiger partial charge in [-0.3, -0.25) is 0 Å². The van der Waals surface area contributed by atoms with Crippen LogP contribution in [0.2, 0.25) is 0 Å². The Bertz CT molecular complexity index is 959. The van der Waals surface area contributed by atoms with Crippen LogP contribution in [0.4, 0.5) is 10.3 Å². The molecule has 2 heterocycles. The van der Waals surface area contributed by atoms with E-state index in [0.717, 1.165) is 55.6 Å². The minimum absolute atomic E-state index is 0.209. The van der Waals surface area contributed by atoms with Crippen LogP contribution in [0.5, 0.6) is 0 Å². The Morgan fingerprint density at radius 3 is 2.57 bits per heavy atom. The Balaban J connectivity index is 1.37. The standard InChI is InChI=1S/C22H23FN4O/c23-20-6-2-1-5-19(20)17-10-7-16(8-11-17)9-12-18-15-21(28-26-18)25-22(24)27-13-3-4-14-27/h1-2,5-8,10-11,15H,3-4,9,12-14H2,(H2,24,25). The largest absolute Gasteiger partial charge is 0.369 e. The second kappa shape index (κ2) is 8.25. The molecule has 0 spiro atoms. The Morgan fingerprint density at radius 2 is 1.82 bits per heavy atom. The zero-order valence-corrected chi connectivity index (χ0v) is 15.6. The minimum Gasteiger partial charge on any atom is -0.369 e. The number of nitrogens with two attached hydrogens (primary N) is 1. The molecule has 2 aromatic carbocycles. The van der Waals surface area contributed by atoms with E-state index >= 15 is 0 Å². The summed E-state index contributed by atoms with van der Waals surface area (Å²) in [5.74, 6) is 0.720. The summed E-state index contributed by atoms with van der Waals surface area (Å²) in [4.78, 5) is 6.38. The van der Waals surface area contributed by atoms with Crippen molar-refractivity contribution in [1.82, 2.24) is 10.1 Å². The van der Waals surface area contributed by atoms with Crippen LogP contribution in [0.1, 0.15) is 24.1 Å². The first-order valence-corrected chi connectivity index (χ1v) is 9.57. The van der Waals surface area contributed by atoms with E-state index in [0.29, 0.717) is 17.4 Å². The molecule has 4 rings (SSSR count). The fourth-order valence-electron chi connectivity index (χ4n) is 3.42. The van der Waals surface area contributed by atoms with E-state index < -0.39 is 0 Å². The quantitative estimate of drug-likeness (QED) is 0.531. The summed E-state index contributed by atoms with van der Waals surface area (Å²) in [5.41, 5.74) is 9.50. The van der Waals surface area contributed by atoms with Crippen LogP contribution in [0, 0.1) is 5.82 Å². The lowest BCUT2D eigenvalue weighted by atomic mass is 10.0. The molecule has 0 unspecified atom stereocenters. The summed E-state index contributed by atoms with van der Waals surface area (Å²) >= 11 is 0. The number of hydrogen-bond donors (Lipinski definition) is 1. The molecule has 5 nitrogen and oxygen atoms in total. The van der Waals surface area contributed by atoms with E-state index in [-0.39, 0.29) is 5.82 Å². The Morgan fingerprint density at radius 1 is 1.07 bits per heavy atom. The molecule has 1 aliphatic heterocycles. The normalized spacial score (nSPS) is 14.6. The third-order valence-corrected chi connectivity index (χ3v) is 5.01. The van der Waals surface area contributed by atoms with Crippen molar-refractivity contribution < 1.29 is 8.91 Å². The highest BCUT2D eigenvalue weighted by Crippen LogP contribution is 2.23. The van der Waals surface area contributed by atoms with Crippen LogP contribution in [0.15, 0.2) is 64.1 Å². The van der Waals surface area contributed by atoms with E-state index in [1.54, 1.807) is 12.1 Å². The maximum atomic E-state index is 13.9. The van der Waals surface area contributed by atoms with Crippen LogP contribution < -0.4 is 5.73 Å². The lowest BCUT2D eigenvalue weighted by Gasteiger charge is -2.14. The first-order valence-electron chi connectivity index (χ1n) is 9.57. The average molecular weight is 378 g/mol. The SMILES string of the molecule is NC(=Nc1cc(CCc2ccc(-c3ccccc3F)cc2)no1)N1CCCC1. The van der Waals surface area contributed by atoms with Crippen molar-refractivity contribution in [3.63, 3.8) is 0 Å². The van der Waals surface area contributed by atoms with Gasteiger partial charge in [0.1, 0.15) is 5.82 Å². The number of aryl methyl sites for hydroxylation is 2. The highest BCUT2D eigenvalue weighted by Gasteiger charge is 2.14. The van der Waals surface area contributed by atoms with Gasteiger partial charge in [-0.15, -0.1) is 0 Å². The van der Waals surface area contributed by atoms with E-state index in [2.05, 4.69) is 15.0 Å². The Labute approximate surface area is 163 Å². The molecular weight excluding hydrogens is 355 g/mol. The molecule has 1 aliphatic rings. The maximum Gasteiger partial charge on any atom is 0.253 e. The highest BCUT2D eigenvalue weighted by atomic mass is 19.1. The first kappa shape index (κ1) is 18.2. The van der Waals surface area contributed by atoms with Crippen LogP contribution in [-0.4, -0.2) is 29.1 Å². The molecule has 1 aromatic heterocycles. The number of aromatic nitrogens is 1. The molecule has 0 radical (unpaired) electrons. The molecule has 2 N–H and O–H groups in total. The number of hydrogen-bond acceptors (Lipinski definition) is 3. The van der Waals surface area contributed by atoms with Gasteiger partial charge < -0.3 is 15.2 Å². The molecule has 144 valence electrons. The third-order valence-electron chi connectivity index (χ3n) is 5.01.